The van der Waals surface area contributed by atoms with E-state index in [1.807, 2.05) is 12.1 Å². The van der Waals surface area contributed by atoms with Gasteiger partial charge in [-0.15, -0.1) is 0 Å². The van der Waals surface area contributed by atoms with Crippen LogP contribution >= 0.6 is 0 Å². The van der Waals surface area contributed by atoms with Crippen molar-refractivity contribution in [1.29, 1.82) is 0 Å². The maximum absolute atomic E-state index is 9.03. The Hall–Kier alpha value is -1.06. The monoisotopic (exact) mass is 207 g/mol. The lowest BCUT2D eigenvalue weighted by Crippen LogP contribution is -2.27. The average Bonchev–Trinajstić information content (AvgIpc) is 2.78. The number of hydrogen-bond acceptors (Lipinski definition) is 3. The number of aliphatic hydroxyl groups is 1. The zero-order valence-corrected chi connectivity index (χ0v) is 8.94. The molecule has 2 atom stereocenters. The van der Waals surface area contributed by atoms with Gasteiger partial charge in [0.1, 0.15) is 5.75 Å². The van der Waals surface area contributed by atoms with Crippen LogP contribution in [0.2, 0.25) is 0 Å². The van der Waals surface area contributed by atoms with Gasteiger partial charge < -0.3 is 15.2 Å². The lowest BCUT2D eigenvalue weighted by atomic mass is 10.1. The summed E-state index contributed by atoms with van der Waals surface area (Å²) < 4.78 is 5.11. The molecule has 1 heterocycles. The Labute approximate surface area is 90.1 Å². The quantitative estimate of drug-likeness (QED) is 0.789. The standard InChI is InChI=1S/C12H17NO2/c1-15-11-5-2-9(3-6-11)12-7-4-10(8-14)13-12/h2-3,5-6,10,12-14H,4,7-8H2,1H3/t10-,12+/m1/s1. The average molecular weight is 207 g/mol. The van der Waals surface area contributed by atoms with Gasteiger partial charge >= 0.3 is 0 Å². The van der Waals surface area contributed by atoms with Crippen LogP contribution in [0.4, 0.5) is 0 Å². The molecular formula is C12H17NO2. The van der Waals surface area contributed by atoms with E-state index in [1.54, 1.807) is 7.11 Å². The van der Waals surface area contributed by atoms with Crippen LogP contribution in [-0.4, -0.2) is 24.9 Å². The van der Waals surface area contributed by atoms with Crippen molar-refractivity contribution in [3.8, 4) is 5.75 Å². The van der Waals surface area contributed by atoms with E-state index in [0.717, 1.165) is 18.6 Å². The van der Waals surface area contributed by atoms with Crippen LogP contribution in [-0.2, 0) is 0 Å². The third kappa shape index (κ3) is 2.30. The summed E-state index contributed by atoms with van der Waals surface area (Å²) in [6.07, 6.45) is 2.14. The van der Waals surface area contributed by atoms with Gasteiger partial charge in [-0.25, -0.2) is 0 Å². The van der Waals surface area contributed by atoms with E-state index in [9.17, 15) is 0 Å². The van der Waals surface area contributed by atoms with E-state index in [0.29, 0.717) is 6.04 Å². The minimum atomic E-state index is 0.229. The molecule has 2 rings (SSSR count). The van der Waals surface area contributed by atoms with E-state index in [1.165, 1.54) is 5.56 Å². The van der Waals surface area contributed by atoms with E-state index in [4.69, 9.17) is 9.84 Å². The lowest BCUT2D eigenvalue weighted by Gasteiger charge is -2.13. The highest BCUT2D eigenvalue weighted by Gasteiger charge is 2.23. The molecule has 15 heavy (non-hydrogen) atoms. The van der Waals surface area contributed by atoms with Crippen LogP contribution < -0.4 is 10.1 Å². The molecule has 0 unspecified atom stereocenters. The van der Waals surface area contributed by atoms with Crippen molar-refractivity contribution in [2.45, 2.75) is 24.9 Å². The van der Waals surface area contributed by atoms with Gasteiger partial charge in [0.25, 0.3) is 0 Å². The summed E-state index contributed by atoms with van der Waals surface area (Å²) in [6.45, 7) is 0.229. The fraction of sp³-hybridized carbons (Fsp3) is 0.500. The van der Waals surface area contributed by atoms with Gasteiger partial charge in [-0.3, -0.25) is 0 Å². The van der Waals surface area contributed by atoms with Gasteiger partial charge in [0.15, 0.2) is 0 Å². The molecule has 0 bridgehead atoms. The van der Waals surface area contributed by atoms with Crippen molar-refractivity contribution in [1.82, 2.24) is 5.32 Å². The smallest absolute Gasteiger partial charge is 0.118 e. The normalized spacial score (nSPS) is 25.5. The van der Waals surface area contributed by atoms with Gasteiger partial charge in [-0.2, -0.15) is 0 Å². The molecular weight excluding hydrogens is 190 g/mol. The number of methoxy groups -OCH3 is 1. The fourth-order valence-corrected chi connectivity index (χ4v) is 2.06. The second-order valence-corrected chi connectivity index (χ2v) is 3.95. The maximum atomic E-state index is 9.03. The largest absolute Gasteiger partial charge is 0.497 e. The highest BCUT2D eigenvalue weighted by molar-refractivity contribution is 5.29. The van der Waals surface area contributed by atoms with Crippen molar-refractivity contribution >= 4 is 0 Å². The number of ether oxygens (including phenoxy) is 1. The summed E-state index contributed by atoms with van der Waals surface area (Å²) >= 11 is 0. The van der Waals surface area contributed by atoms with Crippen LogP contribution in [0, 0.1) is 0 Å². The zero-order valence-electron chi connectivity index (χ0n) is 8.94. The van der Waals surface area contributed by atoms with Crippen molar-refractivity contribution < 1.29 is 9.84 Å². The summed E-state index contributed by atoms with van der Waals surface area (Å²) in [4.78, 5) is 0. The topological polar surface area (TPSA) is 41.5 Å². The molecule has 1 saturated heterocycles. The molecule has 0 aliphatic carbocycles. The first-order valence-electron chi connectivity index (χ1n) is 5.34. The summed E-state index contributed by atoms with van der Waals surface area (Å²) in [7, 11) is 1.67. The van der Waals surface area contributed by atoms with Crippen LogP contribution in [0.5, 0.6) is 5.75 Å². The predicted octanol–water partition coefficient (Wildman–Crippen LogP) is 1.48. The maximum Gasteiger partial charge on any atom is 0.118 e. The second-order valence-electron chi connectivity index (χ2n) is 3.95. The third-order valence-corrected chi connectivity index (χ3v) is 2.98. The molecule has 1 aromatic carbocycles. The Morgan fingerprint density at radius 3 is 2.60 bits per heavy atom. The Kier molecular flexibility index (Phi) is 3.23. The Bertz CT molecular complexity index is 310. The number of nitrogens with one attached hydrogen (secondary N) is 1. The van der Waals surface area contributed by atoms with Crippen LogP contribution in [0.1, 0.15) is 24.4 Å². The highest BCUT2D eigenvalue weighted by atomic mass is 16.5. The molecule has 0 amide bonds. The Morgan fingerprint density at radius 2 is 2.07 bits per heavy atom. The third-order valence-electron chi connectivity index (χ3n) is 2.98. The molecule has 1 aromatic rings. The van der Waals surface area contributed by atoms with Crippen LogP contribution in [0.3, 0.4) is 0 Å². The summed E-state index contributed by atoms with van der Waals surface area (Å²) in [5.41, 5.74) is 1.27. The molecule has 0 spiro atoms. The van der Waals surface area contributed by atoms with Crippen molar-refractivity contribution in [3.63, 3.8) is 0 Å². The van der Waals surface area contributed by atoms with Gasteiger partial charge in [0.05, 0.1) is 13.7 Å². The number of rotatable bonds is 3. The molecule has 0 radical (unpaired) electrons. The molecule has 0 aromatic heterocycles. The van der Waals surface area contributed by atoms with Gasteiger partial charge in [0.2, 0.25) is 0 Å². The molecule has 2 N–H and O–H groups in total. The van der Waals surface area contributed by atoms with Crippen LogP contribution in [0.25, 0.3) is 0 Å². The molecule has 0 saturated carbocycles. The Balaban J connectivity index is 2.04. The minimum absolute atomic E-state index is 0.229. The zero-order chi connectivity index (χ0) is 10.7. The highest BCUT2D eigenvalue weighted by Crippen LogP contribution is 2.27. The molecule has 1 aliphatic rings. The summed E-state index contributed by atoms with van der Waals surface area (Å²) in [5, 5.41) is 12.4. The molecule has 82 valence electrons. The molecule has 1 fully saturated rings. The number of aliphatic hydroxyl groups excluding tert-OH is 1. The van der Waals surface area contributed by atoms with Gasteiger partial charge in [-0.1, -0.05) is 12.1 Å². The molecule has 3 nitrogen and oxygen atoms in total. The fourth-order valence-electron chi connectivity index (χ4n) is 2.06. The Morgan fingerprint density at radius 1 is 1.33 bits per heavy atom. The summed E-state index contributed by atoms with van der Waals surface area (Å²) in [6, 6.07) is 8.75. The van der Waals surface area contributed by atoms with E-state index >= 15 is 0 Å². The first-order valence-corrected chi connectivity index (χ1v) is 5.34. The van der Waals surface area contributed by atoms with E-state index in [-0.39, 0.29) is 12.6 Å². The first-order chi connectivity index (χ1) is 7.33. The summed E-state index contributed by atoms with van der Waals surface area (Å²) in [5.74, 6) is 0.885. The predicted molar refractivity (Wildman–Crippen MR) is 59.0 cm³/mol. The van der Waals surface area contributed by atoms with E-state index in [2.05, 4.69) is 17.4 Å². The SMILES string of the molecule is COc1ccc([C@@H]2CC[C@H](CO)N2)cc1. The molecule has 3 heteroatoms. The number of benzene rings is 1. The van der Waals surface area contributed by atoms with Crippen molar-refractivity contribution in [2.24, 2.45) is 0 Å². The lowest BCUT2D eigenvalue weighted by molar-refractivity contribution is 0.251. The van der Waals surface area contributed by atoms with Crippen LogP contribution in [0.15, 0.2) is 24.3 Å². The second kappa shape index (κ2) is 4.64. The van der Waals surface area contributed by atoms with Crippen molar-refractivity contribution in [3.05, 3.63) is 29.8 Å². The van der Waals surface area contributed by atoms with Gasteiger partial charge in [-0.05, 0) is 30.5 Å². The van der Waals surface area contributed by atoms with Crippen molar-refractivity contribution in [2.75, 3.05) is 13.7 Å². The molecule has 1 aliphatic heterocycles. The van der Waals surface area contributed by atoms with Gasteiger partial charge in [0, 0.05) is 12.1 Å². The van der Waals surface area contributed by atoms with E-state index < -0.39 is 0 Å². The number of hydrogen-bond donors (Lipinski definition) is 2. The minimum Gasteiger partial charge on any atom is -0.497 e. The first kappa shape index (κ1) is 10.5.